The molecule has 0 N–H and O–H groups in total. The third-order valence-corrected chi connectivity index (χ3v) is 3.21. The van der Waals surface area contributed by atoms with Gasteiger partial charge in [0.2, 0.25) is 0 Å². The number of fused-ring (bicyclic) bond motifs is 1. The van der Waals surface area contributed by atoms with E-state index in [1.807, 2.05) is 36.4 Å². The first-order chi connectivity index (χ1) is 7.86. The van der Waals surface area contributed by atoms with E-state index < -0.39 is 0 Å². The van der Waals surface area contributed by atoms with Crippen molar-refractivity contribution in [2.24, 2.45) is 0 Å². The number of hydrogen-bond acceptors (Lipinski definition) is 2. The molecule has 4 heteroatoms. The highest BCUT2D eigenvalue weighted by Gasteiger charge is 2.10. The van der Waals surface area contributed by atoms with Crippen LogP contribution in [0.5, 0.6) is 0 Å². The first-order valence-corrected chi connectivity index (χ1v) is 5.69. The second kappa shape index (κ2) is 3.72. The van der Waals surface area contributed by atoms with Gasteiger partial charge in [-0.05, 0) is 22.0 Å². The number of nitrogens with zero attached hydrogens (tertiary/aromatic N) is 3. The molecule has 0 saturated carbocycles. The lowest BCUT2D eigenvalue weighted by atomic mass is 10.1. The largest absolute Gasteiger partial charge is 0.245 e. The standard InChI is InChI=1S/C12H8BrN3/c13-11-10-6-7-14-8-16(10)15-12(11)9-4-2-1-3-5-9/h1-8H. The minimum atomic E-state index is 0.939. The van der Waals surface area contributed by atoms with Gasteiger partial charge in [-0.25, -0.2) is 9.50 Å². The lowest BCUT2D eigenvalue weighted by molar-refractivity contribution is 0.925. The average molecular weight is 274 g/mol. The molecule has 0 atom stereocenters. The van der Waals surface area contributed by atoms with Crippen LogP contribution < -0.4 is 0 Å². The maximum absolute atomic E-state index is 4.49. The maximum Gasteiger partial charge on any atom is 0.117 e. The molecule has 3 nitrogen and oxygen atoms in total. The van der Waals surface area contributed by atoms with Crippen molar-refractivity contribution < 1.29 is 0 Å². The molecule has 3 rings (SSSR count). The van der Waals surface area contributed by atoms with Crippen molar-refractivity contribution in [2.75, 3.05) is 0 Å². The van der Waals surface area contributed by atoms with Crippen LogP contribution in [0.15, 0.2) is 53.4 Å². The summed E-state index contributed by atoms with van der Waals surface area (Å²) < 4.78 is 2.77. The number of hydrogen-bond donors (Lipinski definition) is 0. The Bertz CT molecular complexity index is 631. The molecule has 0 saturated heterocycles. The first-order valence-electron chi connectivity index (χ1n) is 4.89. The first kappa shape index (κ1) is 9.54. The molecule has 0 fully saturated rings. The van der Waals surface area contributed by atoms with Gasteiger partial charge in [-0.3, -0.25) is 0 Å². The van der Waals surface area contributed by atoms with E-state index in [0.29, 0.717) is 0 Å². The molecule has 2 aromatic heterocycles. The summed E-state index contributed by atoms with van der Waals surface area (Å²) >= 11 is 3.58. The topological polar surface area (TPSA) is 30.2 Å². The Morgan fingerprint density at radius 3 is 2.62 bits per heavy atom. The van der Waals surface area contributed by atoms with Crippen molar-refractivity contribution in [1.29, 1.82) is 0 Å². The van der Waals surface area contributed by atoms with E-state index in [1.54, 1.807) is 17.0 Å². The van der Waals surface area contributed by atoms with Crippen molar-refractivity contribution in [3.8, 4) is 11.3 Å². The molecular formula is C12H8BrN3. The van der Waals surface area contributed by atoms with Crippen LogP contribution >= 0.6 is 15.9 Å². The third-order valence-electron chi connectivity index (χ3n) is 2.43. The highest BCUT2D eigenvalue weighted by Crippen LogP contribution is 2.30. The van der Waals surface area contributed by atoms with Gasteiger partial charge in [0.25, 0.3) is 0 Å². The highest BCUT2D eigenvalue weighted by atomic mass is 79.9. The van der Waals surface area contributed by atoms with Gasteiger partial charge in [-0.1, -0.05) is 30.3 Å². The molecule has 0 aliphatic carbocycles. The molecule has 78 valence electrons. The minimum Gasteiger partial charge on any atom is -0.245 e. The van der Waals surface area contributed by atoms with Crippen molar-refractivity contribution in [1.82, 2.24) is 14.6 Å². The summed E-state index contributed by atoms with van der Waals surface area (Å²) in [5.74, 6) is 0. The predicted molar refractivity (Wildman–Crippen MR) is 66.1 cm³/mol. The summed E-state index contributed by atoms with van der Waals surface area (Å²) in [7, 11) is 0. The summed E-state index contributed by atoms with van der Waals surface area (Å²) in [4.78, 5) is 4.04. The van der Waals surface area contributed by atoms with Crippen LogP contribution in [-0.2, 0) is 0 Å². The molecule has 0 unspecified atom stereocenters. The molecule has 0 aliphatic heterocycles. The number of benzene rings is 1. The van der Waals surface area contributed by atoms with Crippen LogP contribution in [0.2, 0.25) is 0 Å². The Kier molecular flexibility index (Phi) is 2.22. The molecular weight excluding hydrogens is 266 g/mol. The van der Waals surface area contributed by atoms with Gasteiger partial charge in [0.05, 0.1) is 9.99 Å². The molecule has 16 heavy (non-hydrogen) atoms. The van der Waals surface area contributed by atoms with E-state index in [9.17, 15) is 0 Å². The van der Waals surface area contributed by atoms with Crippen LogP contribution in [0.1, 0.15) is 0 Å². The van der Waals surface area contributed by atoms with Crippen LogP contribution in [0.4, 0.5) is 0 Å². The molecule has 0 amide bonds. The lowest BCUT2D eigenvalue weighted by Crippen LogP contribution is -1.87. The van der Waals surface area contributed by atoms with E-state index in [0.717, 1.165) is 21.2 Å². The smallest absolute Gasteiger partial charge is 0.117 e. The summed E-state index contributed by atoms with van der Waals surface area (Å²) in [5.41, 5.74) is 3.06. The third kappa shape index (κ3) is 1.42. The molecule has 3 aromatic rings. The summed E-state index contributed by atoms with van der Waals surface area (Å²) in [6, 6.07) is 12.0. The Morgan fingerprint density at radius 1 is 1.06 bits per heavy atom. The highest BCUT2D eigenvalue weighted by molar-refractivity contribution is 9.10. The van der Waals surface area contributed by atoms with E-state index in [-0.39, 0.29) is 0 Å². The second-order valence-corrected chi connectivity index (χ2v) is 4.23. The van der Waals surface area contributed by atoms with Gasteiger partial charge >= 0.3 is 0 Å². The Labute approximate surface area is 101 Å². The Balaban J connectivity index is 2.29. The van der Waals surface area contributed by atoms with E-state index in [2.05, 4.69) is 26.0 Å². The monoisotopic (exact) mass is 273 g/mol. The second-order valence-electron chi connectivity index (χ2n) is 3.44. The number of halogens is 1. The zero-order chi connectivity index (χ0) is 11.0. The molecule has 0 aliphatic rings. The molecule has 0 spiro atoms. The fraction of sp³-hybridized carbons (Fsp3) is 0. The zero-order valence-corrected chi connectivity index (χ0v) is 9.92. The van der Waals surface area contributed by atoms with Crippen molar-refractivity contribution in [3.63, 3.8) is 0 Å². The number of aromatic nitrogens is 3. The predicted octanol–water partition coefficient (Wildman–Crippen LogP) is 3.16. The molecule has 1 aromatic carbocycles. The van der Waals surface area contributed by atoms with Crippen LogP contribution in [-0.4, -0.2) is 14.6 Å². The van der Waals surface area contributed by atoms with Crippen molar-refractivity contribution in [3.05, 3.63) is 53.4 Å². The SMILES string of the molecule is Brc1c(-c2ccccc2)nn2cnccc12. The number of rotatable bonds is 1. The zero-order valence-electron chi connectivity index (χ0n) is 8.34. The van der Waals surface area contributed by atoms with Gasteiger partial charge in [0.1, 0.15) is 12.0 Å². The average Bonchev–Trinajstić information content (AvgIpc) is 2.69. The fourth-order valence-corrected chi connectivity index (χ4v) is 2.28. The van der Waals surface area contributed by atoms with E-state index in [4.69, 9.17) is 0 Å². The van der Waals surface area contributed by atoms with Gasteiger partial charge < -0.3 is 0 Å². The summed E-state index contributed by atoms with van der Waals surface area (Å²) in [6.45, 7) is 0. The minimum absolute atomic E-state index is 0.939. The quantitative estimate of drug-likeness (QED) is 0.682. The fourth-order valence-electron chi connectivity index (χ4n) is 1.66. The van der Waals surface area contributed by atoms with Gasteiger partial charge in [0, 0.05) is 11.8 Å². The Morgan fingerprint density at radius 2 is 1.88 bits per heavy atom. The maximum atomic E-state index is 4.49. The van der Waals surface area contributed by atoms with Gasteiger partial charge in [0.15, 0.2) is 0 Å². The lowest BCUT2D eigenvalue weighted by Gasteiger charge is -1.95. The normalized spacial score (nSPS) is 10.8. The van der Waals surface area contributed by atoms with E-state index in [1.165, 1.54) is 0 Å². The molecule has 0 bridgehead atoms. The van der Waals surface area contributed by atoms with Gasteiger partial charge in [-0.15, -0.1) is 0 Å². The summed E-state index contributed by atoms with van der Waals surface area (Å²) in [6.07, 6.45) is 3.46. The van der Waals surface area contributed by atoms with Crippen LogP contribution in [0.25, 0.3) is 16.8 Å². The Hall–Kier alpha value is -1.68. The van der Waals surface area contributed by atoms with Crippen LogP contribution in [0, 0.1) is 0 Å². The summed E-state index contributed by atoms with van der Waals surface area (Å²) in [5, 5.41) is 4.49. The van der Waals surface area contributed by atoms with Crippen molar-refractivity contribution >= 4 is 21.4 Å². The van der Waals surface area contributed by atoms with E-state index >= 15 is 0 Å². The van der Waals surface area contributed by atoms with Crippen LogP contribution in [0.3, 0.4) is 0 Å². The van der Waals surface area contributed by atoms with Crippen molar-refractivity contribution in [2.45, 2.75) is 0 Å². The molecule has 2 heterocycles. The molecule has 0 radical (unpaired) electrons. The van der Waals surface area contributed by atoms with Gasteiger partial charge in [-0.2, -0.15) is 5.10 Å².